The Labute approximate surface area is 144 Å². The number of benzene rings is 2. The molecule has 3 aromatic rings. The molecule has 0 atom stereocenters. The van der Waals surface area contributed by atoms with Gasteiger partial charge >= 0.3 is 5.97 Å². The van der Waals surface area contributed by atoms with Gasteiger partial charge in [0, 0.05) is 11.6 Å². The van der Waals surface area contributed by atoms with E-state index in [-0.39, 0.29) is 18.2 Å². The molecule has 0 aliphatic rings. The van der Waals surface area contributed by atoms with Crippen LogP contribution < -0.4 is 5.73 Å². The summed E-state index contributed by atoms with van der Waals surface area (Å²) in [5.41, 5.74) is 9.05. The Bertz CT molecular complexity index is 888. The van der Waals surface area contributed by atoms with E-state index in [9.17, 15) is 9.18 Å². The van der Waals surface area contributed by atoms with Crippen LogP contribution in [0.25, 0.3) is 16.9 Å². The number of nitrogen functional groups attached to an aromatic ring is 1. The van der Waals surface area contributed by atoms with Crippen LogP contribution in [0.4, 0.5) is 10.2 Å². The second-order valence-corrected chi connectivity index (χ2v) is 5.52. The van der Waals surface area contributed by atoms with Crippen LogP contribution in [0.1, 0.15) is 12.5 Å². The number of ether oxygens (including phenoxy) is 1. The Kier molecular flexibility index (Phi) is 4.79. The van der Waals surface area contributed by atoms with Crippen LogP contribution >= 0.6 is 0 Å². The molecule has 2 aromatic carbocycles. The predicted molar refractivity (Wildman–Crippen MR) is 93.7 cm³/mol. The molecule has 0 fully saturated rings. The molecule has 1 aromatic heterocycles. The van der Waals surface area contributed by atoms with E-state index in [1.807, 2.05) is 24.3 Å². The first-order chi connectivity index (χ1) is 12.1. The van der Waals surface area contributed by atoms with Crippen molar-refractivity contribution in [2.24, 2.45) is 0 Å². The number of esters is 1. The van der Waals surface area contributed by atoms with Gasteiger partial charge in [-0.2, -0.15) is 5.10 Å². The third-order valence-electron chi connectivity index (χ3n) is 3.69. The van der Waals surface area contributed by atoms with Gasteiger partial charge in [0.05, 0.1) is 24.4 Å². The Morgan fingerprint density at radius 3 is 2.68 bits per heavy atom. The smallest absolute Gasteiger partial charge is 0.310 e. The van der Waals surface area contributed by atoms with Gasteiger partial charge in [-0.3, -0.25) is 4.79 Å². The highest BCUT2D eigenvalue weighted by Gasteiger charge is 2.11. The lowest BCUT2D eigenvalue weighted by atomic mass is 10.1. The molecule has 5 nitrogen and oxygen atoms in total. The maximum atomic E-state index is 13.1. The Morgan fingerprint density at radius 2 is 1.96 bits per heavy atom. The summed E-state index contributed by atoms with van der Waals surface area (Å²) >= 11 is 0. The minimum absolute atomic E-state index is 0.188. The van der Waals surface area contributed by atoms with Crippen LogP contribution in [0.15, 0.2) is 54.6 Å². The number of nitrogens with two attached hydrogens (primary N) is 1. The van der Waals surface area contributed by atoms with Crippen LogP contribution in [0.5, 0.6) is 0 Å². The third kappa shape index (κ3) is 3.85. The zero-order valence-electron chi connectivity index (χ0n) is 13.8. The molecule has 0 saturated carbocycles. The molecule has 0 saturated heterocycles. The van der Waals surface area contributed by atoms with Crippen LogP contribution in [0.2, 0.25) is 0 Å². The van der Waals surface area contributed by atoms with Crippen molar-refractivity contribution < 1.29 is 13.9 Å². The number of hydrogen-bond acceptors (Lipinski definition) is 4. The second-order valence-electron chi connectivity index (χ2n) is 5.52. The Balaban J connectivity index is 1.89. The van der Waals surface area contributed by atoms with Gasteiger partial charge in [0.2, 0.25) is 0 Å². The molecule has 0 spiro atoms. The summed E-state index contributed by atoms with van der Waals surface area (Å²) in [7, 11) is 0. The van der Waals surface area contributed by atoms with Crippen molar-refractivity contribution in [3.63, 3.8) is 0 Å². The van der Waals surface area contributed by atoms with Gasteiger partial charge in [-0.1, -0.05) is 12.1 Å². The number of rotatable bonds is 5. The van der Waals surface area contributed by atoms with Gasteiger partial charge in [-0.05, 0) is 48.9 Å². The van der Waals surface area contributed by atoms with E-state index in [1.54, 1.807) is 29.8 Å². The van der Waals surface area contributed by atoms with E-state index in [0.29, 0.717) is 18.1 Å². The topological polar surface area (TPSA) is 70.1 Å². The number of aromatic nitrogens is 2. The van der Waals surface area contributed by atoms with E-state index < -0.39 is 0 Å². The monoisotopic (exact) mass is 339 g/mol. The number of nitrogens with zero attached hydrogens (tertiary/aromatic N) is 2. The number of carbonyl (C=O) groups is 1. The van der Waals surface area contributed by atoms with Crippen molar-refractivity contribution in [1.29, 1.82) is 0 Å². The maximum absolute atomic E-state index is 13.1. The number of hydrogen-bond donors (Lipinski definition) is 1. The molecular weight excluding hydrogens is 321 g/mol. The van der Waals surface area contributed by atoms with Crippen LogP contribution in [0, 0.1) is 5.82 Å². The second kappa shape index (κ2) is 7.17. The molecular formula is C19H18FN3O2. The van der Waals surface area contributed by atoms with Gasteiger partial charge in [0.15, 0.2) is 0 Å². The lowest BCUT2D eigenvalue weighted by Crippen LogP contribution is -2.08. The summed E-state index contributed by atoms with van der Waals surface area (Å²) < 4.78 is 19.6. The predicted octanol–water partition coefficient (Wildman–Crippen LogP) is 3.37. The van der Waals surface area contributed by atoms with Gasteiger partial charge in [-0.15, -0.1) is 0 Å². The number of halogens is 1. The normalized spacial score (nSPS) is 10.6. The molecule has 6 heteroatoms. The zero-order chi connectivity index (χ0) is 17.8. The molecule has 0 amide bonds. The fourth-order valence-electron chi connectivity index (χ4n) is 2.54. The molecule has 128 valence electrons. The molecule has 3 rings (SSSR count). The first-order valence-electron chi connectivity index (χ1n) is 7.93. The van der Waals surface area contributed by atoms with Crippen molar-refractivity contribution in [2.75, 3.05) is 12.3 Å². The fraction of sp³-hybridized carbons (Fsp3) is 0.158. The average Bonchev–Trinajstić information content (AvgIpc) is 2.98. The van der Waals surface area contributed by atoms with Crippen molar-refractivity contribution in [1.82, 2.24) is 9.78 Å². The molecule has 1 heterocycles. The van der Waals surface area contributed by atoms with Crippen LogP contribution in [-0.4, -0.2) is 22.4 Å². The lowest BCUT2D eigenvalue weighted by Gasteiger charge is -2.07. The quantitative estimate of drug-likeness (QED) is 0.724. The van der Waals surface area contributed by atoms with E-state index >= 15 is 0 Å². The summed E-state index contributed by atoms with van der Waals surface area (Å²) in [5, 5.41) is 4.49. The van der Waals surface area contributed by atoms with Crippen LogP contribution in [-0.2, 0) is 16.0 Å². The van der Waals surface area contributed by atoms with E-state index in [1.165, 1.54) is 12.1 Å². The fourth-order valence-corrected chi connectivity index (χ4v) is 2.54. The Morgan fingerprint density at radius 1 is 1.20 bits per heavy atom. The van der Waals surface area contributed by atoms with Crippen LogP contribution in [0.3, 0.4) is 0 Å². The summed E-state index contributed by atoms with van der Waals surface area (Å²) in [5.74, 6) is -0.129. The van der Waals surface area contributed by atoms with Crippen molar-refractivity contribution in [3.05, 3.63) is 66.0 Å². The van der Waals surface area contributed by atoms with E-state index in [0.717, 1.165) is 16.8 Å². The highest BCUT2D eigenvalue weighted by atomic mass is 19.1. The molecule has 2 N–H and O–H groups in total. The Hall–Kier alpha value is -3.15. The average molecular weight is 339 g/mol. The third-order valence-corrected chi connectivity index (χ3v) is 3.69. The minimum Gasteiger partial charge on any atom is -0.466 e. The molecule has 0 bridgehead atoms. The van der Waals surface area contributed by atoms with Gasteiger partial charge in [0.25, 0.3) is 0 Å². The van der Waals surface area contributed by atoms with Crippen molar-refractivity contribution in [2.45, 2.75) is 13.3 Å². The highest BCUT2D eigenvalue weighted by Crippen LogP contribution is 2.23. The summed E-state index contributed by atoms with van der Waals surface area (Å²) in [6.07, 6.45) is 0.188. The molecule has 0 radical (unpaired) electrons. The lowest BCUT2D eigenvalue weighted by molar-refractivity contribution is -0.142. The van der Waals surface area contributed by atoms with Gasteiger partial charge in [-0.25, -0.2) is 9.07 Å². The number of carbonyl (C=O) groups excluding carboxylic acids is 1. The first kappa shape index (κ1) is 16.7. The SMILES string of the molecule is CCOC(=O)Cc1cccc(-n2nc(-c3ccc(F)cc3)cc2N)c1. The van der Waals surface area contributed by atoms with Gasteiger partial charge < -0.3 is 10.5 Å². The zero-order valence-corrected chi connectivity index (χ0v) is 13.8. The summed E-state index contributed by atoms with van der Waals surface area (Å²) in [4.78, 5) is 11.6. The molecule has 25 heavy (non-hydrogen) atoms. The van der Waals surface area contributed by atoms with Crippen molar-refractivity contribution in [3.8, 4) is 16.9 Å². The van der Waals surface area contributed by atoms with Crippen molar-refractivity contribution >= 4 is 11.8 Å². The maximum Gasteiger partial charge on any atom is 0.310 e. The minimum atomic E-state index is -0.303. The standard InChI is InChI=1S/C19H18FN3O2/c1-2-25-19(24)11-13-4-3-5-16(10-13)23-18(21)12-17(22-23)14-6-8-15(20)9-7-14/h3-10,12H,2,11,21H2,1H3. The largest absolute Gasteiger partial charge is 0.466 e. The molecule has 0 aliphatic carbocycles. The first-order valence-corrected chi connectivity index (χ1v) is 7.93. The number of anilines is 1. The highest BCUT2D eigenvalue weighted by molar-refractivity contribution is 5.73. The molecule has 0 aliphatic heterocycles. The summed E-state index contributed by atoms with van der Waals surface area (Å²) in [6.45, 7) is 2.13. The van der Waals surface area contributed by atoms with Gasteiger partial charge in [0.1, 0.15) is 11.6 Å². The van der Waals surface area contributed by atoms with E-state index in [2.05, 4.69) is 5.10 Å². The van der Waals surface area contributed by atoms with E-state index in [4.69, 9.17) is 10.5 Å². The summed E-state index contributed by atoms with van der Waals surface area (Å²) in [6, 6.07) is 15.2. The molecule has 0 unspecified atom stereocenters.